The molecular formula is C11H15N5OS. The van der Waals surface area contributed by atoms with Gasteiger partial charge >= 0.3 is 0 Å². The topological polar surface area (TPSA) is 86.0 Å². The highest BCUT2D eigenvalue weighted by Gasteiger charge is 2.03. The number of hydrogen-bond acceptors (Lipinski definition) is 7. The standard InChI is InChI=1S/C11H15N5OS/c1-7-14-8(6-18-7)3-4-13-9-5-10(17-2)16-11(12)15-9/h5-6H,3-4H2,1-2H3,(H3,12,13,15,16). The minimum Gasteiger partial charge on any atom is -0.481 e. The molecule has 0 spiro atoms. The largest absolute Gasteiger partial charge is 0.481 e. The Morgan fingerprint density at radius 3 is 2.89 bits per heavy atom. The molecule has 0 atom stereocenters. The van der Waals surface area contributed by atoms with Crippen molar-refractivity contribution in [3.05, 3.63) is 22.1 Å². The highest BCUT2D eigenvalue weighted by Crippen LogP contribution is 2.14. The molecular weight excluding hydrogens is 250 g/mol. The summed E-state index contributed by atoms with van der Waals surface area (Å²) >= 11 is 1.65. The first-order chi connectivity index (χ1) is 8.67. The first kappa shape index (κ1) is 12.6. The van der Waals surface area contributed by atoms with E-state index in [0.29, 0.717) is 11.7 Å². The van der Waals surface area contributed by atoms with Crippen molar-refractivity contribution in [3.63, 3.8) is 0 Å². The second-order valence-corrected chi connectivity index (χ2v) is 4.75. The number of aryl methyl sites for hydroxylation is 1. The zero-order valence-corrected chi connectivity index (χ0v) is 11.1. The molecule has 0 aliphatic carbocycles. The quantitative estimate of drug-likeness (QED) is 0.851. The van der Waals surface area contributed by atoms with Crippen LogP contribution >= 0.6 is 11.3 Å². The van der Waals surface area contributed by atoms with E-state index in [1.165, 1.54) is 0 Å². The molecule has 0 fully saturated rings. The molecule has 3 N–H and O–H groups in total. The fourth-order valence-corrected chi connectivity index (χ4v) is 2.13. The Morgan fingerprint density at radius 1 is 1.39 bits per heavy atom. The van der Waals surface area contributed by atoms with Crippen LogP contribution in [-0.2, 0) is 6.42 Å². The van der Waals surface area contributed by atoms with Gasteiger partial charge in [0.2, 0.25) is 11.8 Å². The lowest BCUT2D eigenvalue weighted by molar-refractivity contribution is 0.398. The second kappa shape index (κ2) is 5.63. The molecule has 0 unspecified atom stereocenters. The number of anilines is 2. The minimum absolute atomic E-state index is 0.196. The minimum atomic E-state index is 0.196. The molecule has 0 saturated carbocycles. The maximum atomic E-state index is 5.57. The van der Waals surface area contributed by atoms with Gasteiger partial charge in [0.05, 0.1) is 17.8 Å². The Balaban J connectivity index is 1.91. The van der Waals surface area contributed by atoms with Gasteiger partial charge in [0.25, 0.3) is 0 Å². The first-order valence-corrected chi connectivity index (χ1v) is 6.39. The summed E-state index contributed by atoms with van der Waals surface area (Å²) in [5.41, 5.74) is 6.65. The highest BCUT2D eigenvalue weighted by molar-refractivity contribution is 7.09. The average Bonchev–Trinajstić information content (AvgIpc) is 2.74. The number of methoxy groups -OCH3 is 1. The van der Waals surface area contributed by atoms with Crippen molar-refractivity contribution in [1.29, 1.82) is 0 Å². The highest BCUT2D eigenvalue weighted by atomic mass is 32.1. The van der Waals surface area contributed by atoms with Crippen LogP contribution in [0.25, 0.3) is 0 Å². The molecule has 18 heavy (non-hydrogen) atoms. The van der Waals surface area contributed by atoms with E-state index in [0.717, 1.165) is 23.7 Å². The van der Waals surface area contributed by atoms with Crippen LogP contribution in [0.2, 0.25) is 0 Å². The SMILES string of the molecule is COc1cc(NCCc2csc(C)n2)nc(N)n1. The average molecular weight is 265 g/mol. The number of hydrogen-bond donors (Lipinski definition) is 2. The predicted octanol–water partition coefficient (Wildman–Crippen LogP) is 1.49. The Morgan fingerprint density at radius 2 is 2.22 bits per heavy atom. The monoisotopic (exact) mass is 265 g/mol. The molecule has 0 bridgehead atoms. The third kappa shape index (κ3) is 3.30. The van der Waals surface area contributed by atoms with E-state index in [9.17, 15) is 0 Å². The Bertz CT molecular complexity index is 528. The van der Waals surface area contributed by atoms with Crippen LogP contribution in [0, 0.1) is 6.92 Å². The molecule has 96 valence electrons. The van der Waals surface area contributed by atoms with Crippen LogP contribution in [0.5, 0.6) is 5.88 Å². The van der Waals surface area contributed by atoms with Crippen molar-refractivity contribution in [2.75, 3.05) is 24.7 Å². The molecule has 0 amide bonds. The summed E-state index contributed by atoms with van der Waals surface area (Å²) in [6, 6.07) is 1.71. The summed E-state index contributed by atoms with van der Waals surface area (Å²) in [5.74, 6) is 1.31. The fraction of sp³-hybridized carbons (Fsp3) is 0.364. The summed E-state index contributed by atoms with van der Waals surface area (Å²) in [6.07, 6.45) is 0.844. The van der Waals surface area contributed by atoms with Crippen LogP contribution in [-0.4, -0.2) is 28.6 Å². The van der Waals surface area contributed by atoms with Crippen LogP contribution in [0.4, 0.5) is 11.8 Å². The second-order valence-electron chi connectivity index (χ2n) is 3.69. The van der Waals surface area contributed by atoms with Gasteiger partial charge in [-0.25, -0.2) is 4.98 Å². The van der Waals surface area contributed by atoms with Gasteiger partial charge in [-0.3, -0.25) is 0 Å². The number of ether oxygens (including phenoxy) is 1. The van der Waals surface area contributed by atoms with E-state index in [1.807, 2.05) is 6.92 Å². The fourth-order valence-electron chi connectivity index (χ4n) is 1.48. The summed E-state index contributed by atoms with van der Waals surface area (Å²) in [7, 11) is 1.55. The van der Waals surface area contributed by atoms with E-state index in [1.54, 1.807) is 24.5 Å². The zero-order valence-electron chi connectivity index (χ0n) is 10.3. The third-order valence-corrected chi connectivity index (χ3v) is 3.11. The summed E-state index contributed by atoms with van der Waals surface area (Å²) in [6.45, 7) is 2.74. The molecule has 2 rings (SSSR count). The lowest BCUT2D eigenvalue weighted by Gasteiger charge is -2.06. The van der Waals surface area contributed by atoms with E-state index in [-0.39, 0.29) is 5.95 Å². The van der Waals surface area contributed by atoms with Crippen molar-refractivity contribution < 1.29 is 4.74 Å². The number of rotatable bonds is 5. The maximum Gasteiger partial charge on any atom is 0.225 e. The lowest BCUT2D eigenvalue weighted by Crippen LogP contribution is -2.08. The Hall–Kier alpha value is -1.89. The van der Waals surface area contributed by atoms with E-state index in [4.69, 9.17) is 10.5 Å². The summed E-state index contributed by atoms with van der Waals surface area (Å²) in [4.78, 5) is 12.4. The predicted molar refractivity (Wildman–Crippen MR) is 72.0 cm³/mol. The summed E-state index contributed by atoms with van der Waals surface area (Å²) in [5, 5.41) is 6.31. The molecule has 0 saturated heterocycles. The van der Waals surface area contributed by atoms with Gasteiger partial charge in [-0.2, -0.15) is 9.97 Å². The third-order valence-electron chi connectivity index (χ3n) is 2.28. The molecule has 7 heteroatoms. The van der Waals surface area contributed by atoms with Crippen LogP contribution in [0.3, 0.4) is 0 Å². The van der Waals surface area contributed by atoms with Gasteiger partial charge in [-0.05, 0) is 6.92 Å². The van der Waals surface area contributed by atoms with Crippen molar-refractivity contribution in [3.8, 4) is 5.88 Å². The number of nitrogens with two attached hydrogens (primary N) is 1. The number of nitrogens with one attached hydrogen (secondary N) is 1. The molecule has 2 aromatic heterocycles. The van der Waals surface area contributed by atoms with E-state index in [2.05, 4.69) is 25.6 Å². The number of nitrogens with zero attached hydrogens (tertiary/aromatic N) is 3. The number of aromatic nitrogens is 3. The van der Waals surface area contributed by atoms with Crippen LogP contribution in [0.15, 0.2) is 11.4 Å². The molecule has 2 heterocycles. The number of thiazole rings is 1. The smallest absolute Gasteiger partial charge is 0.225 e. The van der Waals surface area contributed by atoms with Gasteiger partial charge in [-0.15, -0.1) is 11.3 Å². The first-order valence-electron chi connectivity index (χ1n) is 5.51. The Kier molecular flexibility index (Phi) is 3.93. The zero-order chi connectivity index (χ0) is 13.0. The lowest BCUT2D eigenvalue weighted by atomic mass is 10.3. The van der Waals surface area contributed by atoms with Crippen molar-refractivity contribution in [2.45, 2.75) is 13.3 Å². The number of nitrogen functional groups attached to an aromatic ring is 1. The molecule has 0 aromatic carbocycles. The molecule has 0 aliphatic rings. The van der Waals surface area contributed by atoms with Gasteiger partial charge in [-0.1, -0.05) is 0 Å². The van der Waals surface area contributed by atoms with Crippen molar-refractivity contribution >= 4 is 23.1 Å². The van der Waals surface area contributed by atoms with Gasteiger partial charge in [0.15, 0.2) is 0 Å². The van der Waals surface area contributed by atoms with Crippen molar-refractivity contribution in [1.82, 2.24) is 15.0 Å². The van der Waals surface area contributed by atoms with Gasteiger partial charge in [0, 0.05) is 24.4 Å². The van der Waals surface area contributed by atoms with Gasteiger partial charge in [0.1, 0.15) is 5.82 Å². The Labute approximate surface area is 109 Å². The molecule has 0 aliphatic heterocycles. The van der Waals surface area contributed by atoms with Gasteiger partial charge < -0.3 is 15.8 Å². The molecule has 0 radical (unpaired) electrons. The molecule has 2 aromatic rings. The van der Waals surface area contributed by atoms with Crippen LogP contribution < -0.4 is 15.8 Å². The van der Waals surface area contributed by atoms with Crippen molar-refractivity contribution in [2.24, 2.45) is 0 Å². The normalized spacial score (nSPS) is 10.3. The van der Waals surface area contributed by atoms with E-state index >= 15 is 0 Å². The molecule has 6 nitrogen and oxygen atoms in total. The summed E-state index contributed by atoms with van der Waals surface area (Å²) < 4.78 is 5.02. The maximum absolute atomic E-state index is 5.57. The van der Waals surface area contributed by atoms with Crippen LogP contribution in [0.1, 0.15) is 10.7 Å². The van der Waals surface area contributed by atoms with E-state index < -0.39 is 0 Å².